The van der Waals surface area contributed by atoms with E-state index in [9.17, 15) is 9.59 Å². The van der Waals surface area contributed by atoms with Gasteiger partial charge in [0.25, 0.3) is 5.91 Å². The second-order valence-corrected chi connectivity index (χ2v) is 7.81. The number of hydrogen-bond donors (Lipinski definition) is 2. The second kappa shape index (κ2) is 7.02. The third-order valence-electron chi connectivity index (χ3n) is 5.90. The third-order valence-corrected chi connectivity index (χ3v) is 5.90. The van der Waals surface area contributed by atoms with Gasteiger partial charge in [0, 0.05) is 49.5 Å². The maximum Gasteiger partial charge on any atom is 0.324 e. The molecule has 7 nitrogen and oxygen atoms in total. The maximum absolute atomic E-state index is 13.1. The topological polar surface area (TPSA) is 77.6 Å². The summed E-state index contributed by atoms with van der Waals surface area (Å²) < 4.78 is 0. The number of nitrogens with zero attached hydrogens (tertiary/aromatic N) is 3. The van der Waals surface area contributed by atoms with Crippen LogP contribution in [0.15, 0.2) is 42.6 Å². The lowest BCUT2D eigenvalue weighted by Crippen LogP contribution is -2.30. The Kier molecular flexibility index (Phi) is 4.31. The van der Waals surface area contributed by atoms with Crippen molar-refractivity contribution in [3.8, 4) is 0 Å². The molecule has 0 bridgehead atoms. The van der Waals surface area contributed by atoms with Crippen molar-refractivity contribution >= 4 is 39.9 Å². The summed E-state index contributed by atoms with van der Waals surface area (Å²) in [6.07, 6.45) is 2.60. The highest BCUT2D eigenvalue weighted by Crippen LogP contribution is 2.35. The minimum atomic E-state index is -0.149. The van der Waals surface area contributed by atoms with Gasteiger partial charge in [-0.25, -0.2) is 4.79 Å². The van der Waals surface area contributed by atoms with E-state index in [0.29, 0.717) is 29.9 Å². The first-order chi connectivity index (χ1) is 14.5. The van der Waals surface area contributed by atoms with Crippen molar-refractivity contribution in [2.24, 2.45) is 0 Å². The Morgan fingerprint density at radius 3 is 2.80 bits per heavy atom. The Morgan fingerprint density at radius 1 is 1.17 bits per heavy atom. The monoisotopic (exact) mass is 401 g/mol. The zero-order valence-corrected chi connectivity index (χ0v) is 17.0. The van der Waals surface area contributed by atoms with Gasteiger partial charge in [0.15, 0.2) is 0 Å². The number of aromatic nitrogens is 1. The lowest BCUT2D eigenvalue weighted by Gasteiger charge is -2.21. The highest BCUT2D eigenvalue weighted by atomic mass is 16.2. The van der Waals surface area contributed by atoms with Gasteiger partial charge in [-0.1, -0.05) is 18.2 Å². The van der Waals surface area contributed by atoms with Crippen molar-refractivity contribution in [2.75, 3.05) is 42.2 Å². The molecule has 1 fully saturated rings. The number of rotatable bonds is 3. The van der Waals surface area contributed by atoms with Crippen LogP contribution in [0.25, 0.3) is 10.9 Å². The molecule has 7 heteroatoms. The van der Waals surface area contributed by atoms with Gasteiger partial charge in [-0.2, -0.15) is 0 Å². The molecule has 0 radical (unpaired) electrons. The molecule has 0 unspecified atom stereocenters. The SMILES string of the molecule is Cc1cnc2c(NC(=O)c3cccc4c3CCN4)cccc2c1N1CCN(C)C1=O. The minimum absolute atomic E-state index is 0.0209. The Hall–Kier alpha value is -3.61. The lowest BCUT2D eigenvalue weighted by molar-refractivity contribution is 0.102. The molecule has 2 N–H and O–H groups in total. The number of likely N-dealkylation sites (N-methyl/N-ethyl adjacent to an activating group) is 1. The van der Waals surface area contributed by atoms with Crippen molar-refractivity contribution in [2.45, 2.75) is 13.3 Å². The number of urea groups is 1. The van der Waals surface area contributed by atoms with Crippen LogP contribution in [0, 0.1) is 6.92 Å². The molecule has 2 aliphatic heterocycles. The largest absolute Gasteiger partial charge is 0.384 e. The van der Waals surface area contributed by atoms with Crippen molar-refractivity contribution in [3.63, 3.8) is 0 Å². The van der Waals surface area contributed by atoms with Crippen molar-refractivity contribution in [3.05, 3.63) is 59.3 Å². The molecule has 0 saturated carbocycles. The Labute approximate surface area is 174 Å². The fourth-order valence-corrected chi connectivity index (χ4v) is 4.37. The first-order valence-corrected chi connectivity index (χ1v) is 10.1. The highest BCUT2D eigenvalue weighted by molar-refractivity contribution is 6.12. The average Bonchev–Trinajstić information content (AvgIpc) is 3.35. The number of amides is 3. The first kappa shape index (κ1) is 18.4. The van der Waals surface area contributed by atoms with Gasteiger partial charge in [-0.05, 0) is 42.7 Å². The summed E-state index contributed by atoms with van der Waals surface area (Å²) in [5.74, 6) is -0.149. The number of hydrogen-bond acceptors (Lipinski definition) is 4. The van der Waals surface area contributed by atoms with Gasteiger partial charge in [0.1, 0.15) is 0 Å². The van der Waals surface area contributed by atoms with E-state index in [2.05, 4.69) is 15.6 Å². The van der Waals surface area contributed by atoms with E-state index < -0.39 is 0 Å². The average molecular weight is 401 g/mol. The van der Waals surface area contributed by atoms with Crippen LogP contribution in [-0.2, 0) is 6.42 Å². The van der Waals surface area contributed by atoms with E-state index in [1.807, 2.05) is 43.3 Å². The Morgan fingerprint density at radius 2 is 2.00 bits per heavy atom. The first-order valence-electron chi connectivity index (χ1n) is 10.1. The summed E-state index contributed by atoms with van der Waals surface area (Å²) in [5.41, 5.74) is 5.86. The zero-order valence-electron chi connectivity index (χ0n) is 17.0. The van der Waals surface area contributed by atoms with Crippen LogP contribution in [0.1, 0.15) is 21.5 Å². The van der Waals surface area contributed by atoms with Gasteiger partial charge >= 0.3 is 6.03 Å². The van der Waals surface area contributed by atoms with Gasteiger partial charge in [0.2, 0.25) is 0 Å². The maximum atomic E-state index is 13.1. The van der Waals surface area contributed by atoms with Crippen molar-refractivity contribution in [1.29, 1.82) is 0 Å². The second-order valence-electron chi connectivity index (χ2n) is 7.81. The van der Waals surface area contributed by atoms with Crippen LogP contribution in [0.5, 0.6) is 0 Å². The molecule has 152 valence electrons. The molecule has 1 aromatic heterocycles. The fraction of sp³-hybridized carbons (Fsp3) is 0.261. The van der Waals surface area contributed by atoms with Crippen LogP contribution in [0.4, 0.5) is 21.9 Å². The van der Waals surface area contributed by atoms with E-state index in [0.717, 1.165) is 40.9 Å². The van der Waals surface area contributed by atoms with Gasteiger partial charge in [-0.3, -0.25) is 14.7 Å². The molecular formula is C23H23N5O2. The molecule has 1 saturated heterocycles. The predicted molar refractivity (Wildman–Crippen MR) is 118 cm³/mol. The molecule has 0 aliphatic carbocycles. The van der Waals surface area contributed by atoms with Gasteiger partial charge in [-0.15, -0.1) is 0 Å². The fourth-order valence-electron chi connectivity index (χ4n) is 4.37. The van der Waals surface area contributed by atoms with Crippen LogP contribution >= 0.6 is 0 Å². The molecule has 0 spiro atoms. The number of carbonyl (C=O) groups is 2. The molecule has 0 atom stereocenters. The van der Waals surface area contributed by atoms with Gasteiger partial charge < -0.3 is 15.5 Å². The Bertz CT molecular complexity index is 1190. The molecule has 3 aromatic rings. The van der Waals surface area contributed by atoms with E-state index >= 15 is 0 Å². The number of pyridine rings is 1. The molecule has 5 rings (SSSR count). The molecular weight excluding hydrogens is 378 g/mol. The number of para-hydroxylation sites is 1. The van der Waals surface area contributed by atoms with E-state index in [4.69, 9.17) is 0 Å². The Balaban J connectivity index is 1.55. The van der Waals surface area contributed by atoms with Gasteiger partial charge in [0.05, 0.1) is 16.9 Å². The van der Waals surface area contributed by atoms with Crippen LogP contribution < -0.4 is 15.5 Å². The summed E-state index contributed by atoms with van der Waals surface area (Å²) in [4.78, 5) is 33.8. The molecule has 2 aromatic carbocycles. The smallest absolute Gasteiger partial charge is 0.324 e. The third kappa shape index (κ3) is 2.85. The zero-order chi connectivity index (χ0) is 20.8. The molecule has 3 amide bonds. The lowest BCUT2D eigenvalue weighted by atomic mass is 10.0. The number of aryl methyl sites for hydroxylation is 1. The molecule has 2 aliphatic rings. The normalized spacial score (nSPS) is 15.5. The van der Waals surface area contributed by atoms with E-state index in [1.54, 1.807) is 23.0 Å². The predicted octanol–water partition coefficient (Wildman–Crippen LogP) is 3.64. The van der Waals surface area contributed by atoms with E-state index in [-0.39, 0.29) is 11.9 Å². The van der Waals surface area contributed by atoms with Crippen LogP contribution in [-0.4, -0.2) is 48.5 Å². The van der Waals surface area contributed by atoms with Crippen molar-refractivity contribution in [1.82, 2.24) is 9.88 Å². The number of benzene rings is 2. The van der Waals surface area contributed by atoms with E-state index in [1.165, 1.54) is 0 Å². The number of anilines is 3. The summed E-state index contributed by atoms with van der Waals surface area (Å²) in [6, 6.07) is 11.4. The summed E-state index contributed by atoms with van der Waals surface area (Å²) in [6.45, 7) is 4.12. The highest BCUT2D eigenvalue weighted by Gasteiger charge is 2.29. The van der Waals surface area contributed by atoms with Crippen LogP contribution in [0.2, 0.25) is 0 Å². The number of nitrogens with one attached hydrogen (secondary N) is 2. The summed E-state index contributed by atoms with van der Waals surface area (Å²) in [7, 11) is 1.81. The summed E-state index contributed by atoms with van der Waals surface area (Å²) >= 11 is 0. The molecule has 30 heavy (non-hydrogen) atoms. The van der Waals surface area contributed by atoms with Crippen molar-refractivity contribution < 1.29 is 9.59 Å². The molecule has 3 heterocycles. The minimum Gasteiger partial charge on any atom is -0.384 e. The number of carbonyl (C=O) groups excluding carboxylic acids is 2. The standard InChI is InChI=1S/C23H23N5O2/c1-14-13-25-20-17(21(14)28-12-11-27(2)23(28)30)6-4-8-19(20)26-22(29)16-5-3-7-18-15(16)9-10-24-18/h3-8,13,24H,9-12H2,1-2H3,(H,26,29). The van der Waals surface area contributed by atoms with Crippen LogP contribution in [0.3, 0.4) is 0 Å². The summed E-state index contributed by atoms with van der Waals surface area (Å²) in [5, 5.41) is 7.21. The number of fused-ring (bicyclic) bond motifs is 2. The quantitative estimate of drug-likeness (QED) is 0.703.